The Morgan fingerprint density at radius 1 is 1.45 bits per heavy atom. The first-order valence-corrected chi connectivity index (χ1v) is 6.87. The first-order chi connectivity index (χ1) is 9.60. The maximum Gasteiger partial charge on any atom is 0.326 e. The highest BCUT2D eigenvalue weighted by atomic mass is 16.5. The van der Waals surface area contributed by atoms with Crippen LogP contribution in [0.15, 0.2) is 30.5 Å². The third kappa shape index (κ3) is 2.82. The van der Waals surface area contributed by atoms with Crippen LogP contribution in [0.1, 0.15) is 20.3 Å². The Hall–Kier alpha value is -1.88. The van der Waals surface area contributed by atoms with Gasteiger partial charge in [0.05, 0.1) is 18.3 Å². The Balaban J connectivity index is 2.12. The van der Waals surface area contributed by atoms with Gasteiger partial charge in [0.2, 0.25) is 0 Å². The standard InChI is InChI=1S/C15H21N3O2/c1-4-20-14(19)15(2,16-3)9-10-18-13-8-6-5-7-12(13)11-17-18/h5-8,11,16H,4,9-10H2,1-3H3. The molecule has 0 bridgehead atoms. The fraction of sp³-hybridized carbons (Fsp3) is 0.467. The van der Waals surface area contributed by atoms with Gasteiger partial charge in [-0.05, 0) is 33.4 Å². The lowest BCUT2D eigenvalue weighted by Crippen LogP contribution is -2.49. The average Bonchev–Trinajstić information content (AvgIpc) is 2.88. The number of carbonyl (C=O) groups is 1. The summed E-state index contributed by atoms with van der Waals surface area (Å²) < 4.78 is 7.04. The van der Waals surface area contributed by atoms with Gasteiger partial charge in [-0.2, -0.15) is 5.10 Å². The van der Waals surface area contributed by atoms with Crippen molar-refractivity contribution in [3.63, 3.8) is 0 Å². The SMILES string of the molecule is CCOC(=O)C(C)(CCn1ncc2ccccc21)NC. The summed E-state index contributed by atoms with van der Waals surface area (Å²) in [6, 6.07) is 8.04. The molecule has 1 unspecified atom stereocenters. The molecule has 0 amide bonds. The molecule has 0 spiro atoms. The fourth-order valence-electron chi connectivity index (χ4n) is 2.15. The minimum absolute atomic E-state index is 0.223. The van der Waals surface area contributed by atoms with Crippen LogP contribution >= 0.6 is 0 Å². The molecule has 1 N–H and O–H groups in total. The quantitative estimate of drug-likeness (QED) is 0.819. The van der Waals surface area contributed by atoms with Crippen molar-refractivity contribution < 1.29 is 9.53 Å². The Morgan fingerprint density at radius 3 is 2.90 bits per heavy atom. The minimum atomic E-state index is -0.691. The molecule has 108 valence electrons. The van der Waals surface area contributed by atoms with Crippen LogP contribution in [-0.2, 0) is 16.1 Å². The second-order valence-electron chi connectivity index (χ2n) is 4.98. The predicted molar refractivity (Wildman–Crippen MR) is 78.4 cm³/mol. The summed E-state index contributed by atoms with van der Waals surface area (Å²) in [5.74, 6) is -0.223. The van der Waals surface area contributed by atoms with Gasteiger partial charge in [0.25, 0.3) is 0 Å². The fourth-order valence-corrected chi connectivity index (χ4v) is 2.15. The van der Waals surface area contributed by atoms with Gasteiger partial charge in [0, 0.05) is 11.9 Å². The molecular formula is C15H21N3O2. The highest BCUT2D eigenvalue weighted by molar-refractivity contribution is 5.80. The zero-order valence-electron chi connectivity index (χ0n) is 12.2. The number of benzene rings is 1. The van der Waals surface area contributed by atoms with Crippen molar-refractivity contribution in [3.8, 4) is 0 Å². The van der Waals surface area contributed by atoms with Gasteiger partial charge in [-0.1, -0.05) is 18.2 Å². The lowest BCUT2D eigenvalue weighted by Gasteiger charge is -2.26. The molecule has 1 aromatic heterocycles. The number of aromatic nitrogens is 2. The summed E-state index contributed by atoms with van der Waals surface area (Å²) in [5.41, 5.74) is 0.387. The molecule has 2 rings (SSSR count). The number of esters is 1. The molecule has 0 radical (unpaired) electrons. The van der Waals surface area contributed by atoms with E-state index in [0.29, 0.717) is 19.6 Å². The molecule has 5 heteroatoms. The van der Waals surface area contributed by atoms with E-state index in [-0.39, 0.29) is 5.97 Å². The largest absolute Gasteiger partial charge is 0.465 e. The zero-order valence-corrected chi connectivity index (χ0v) is 12.2. The van der Waals surface area contributed by atoms with Crippen LogP contribution in [0.3, 0.4) is 0 Å². The summed E-state index contributed by atoms with van der Waals surface area (Å²) in [5, 5.41) is 8.54. The van der Waals surface area contributed by atoms with Gasteiger partial charge in [-0.25, -0.2) is 0 Å². The van der Waals surface area contributed by atoms with Crippen LogP contribution in [0.4, 0.5) is 0 Å². The van der Waals surface area contributed by atoms with Crippen molar-refractivity contribution in [1.82, 2.24) is 15.1 Å². The third-order valence-electron chi connectivity index (χ3n) is 3.65. The number of fused-ring (bicyclic) bond motifs is 1. The molecule has 0 saturated heterocycles. The lowest BCUT2D eigenvalue weighted by atomic mass is 9.98. The summed E-state index contributed by atoms with van der Waals surface area (Å²) in [6.45, 7) is 4.72. The van der Waals surface area contributed by atoms with Crippen molar-refractivity contribution in [2.45, 2.75) is 32.4 Å². The molecule has 1 heterocycles. The Labute approximate surface area is 118 Å². The second-order valence-corrected chi connectivity index (χ2v) is 4.98. The van der Waals surface area contributed by atoms with Gasteiger partial charge in [-0.3, -0.25) is 9.48 Å². The number of para-hydroxylation sites is 1. The van der Waals surface area contributed by atoms with Crippen molar-refractivity contribution in [1.29, 1.82) is 0 Å². The third-order valence-corrected chi connectivity index (χ3v) is 3.65. The number of rotatable bonds is 6. The molecule has 0 fully saturated rings. The van der Waals surface area contributed by atoms with Gasteiger partial charge < -0.3 is 10.1 Å². The van der Waals surface area contributed by atoms with Crippen molar-refractivity contribution in [2.75, 3.05) is 13.7 Å². The number of nitrogens with zero attached hydrogens (tertiary/aromatic N) is 2. The van der Waals surface area contributed by atoms with Crippen LogP contribution in [0, 0.1) is 0 Å². The zero-order chi connectivity index (χ0) is 14.6. The molecular weight excluding hydrogens is 254 g/mol. The highest BCUT2D eigenvalue weighted by Crippen LogP contribution is 2.17. The summed E-state index contributed by atoms with van der Waals surface area (Å²) in [4.78, 5) is 12.0. The topological polar surface area (TPSA) is 56.2 Å². The predicted octanol–water partition coefficient (Wildman–Crippen LogP) is 1.97. The first-order valence-electron chi connectivity index (χ1n) is 6.87. The summed E-state index contributed by atoms with van der Waals surface area (Å²) in [6.07, 6.45) is 2.46. The number of carbonyl (C=O) groups excluding carboxylic acids is 1. The molecule has 0 saturated carbocycles. The van der Waals surface area contributed by atoms with Crippen molar-refractivity contribution in [3.05, 3.63) is 30.5 Å². The Morgan fingerprint density at radius 2 is 2.20 bits per heavy atom. The van der Waals surface area contributed by atoms with E-state index < -0.39 is 5.54 Å². The number of hydrogen-bond acceptors (Lipinski definition) is 4. The van der Waals surface area contributed by atoms with Crippen LogP contribution in [0.2, 0.25) is 0 Å². The number of nitrogens with one attached hydrogen (secondary N) is 1. The summed E-state index contributed by atoms with van der Waals surface area (Å²) >= 11 is 0. The number of ether oxygens (including phenoxy) is 1. The number of likely N-dealkylation sites (N-methyl/N-ethyl adjacent to an activating group) is 1. The van der Waals surface area contributed by atoms with Crippen molar-refractivity contribution in [2.24, 2.45) is 0 Å². The lowest BCUT2D eigenvalue weighted by molar-refractivity contribution is -0.150. The van der Waals surface area contributed by atoms with E-state index in [2.05, 4.69) is 10.4 Å². The van der Waals surface area contributed by atoms with Crippen LogP contribution in [-0.4, -0.2) is 34.9 Å². The molecule has 2 aromatic rings. The molecule has 0 aliphatic heterocycles. The van der Waals surface area contributed by atoms with E-state index in [1.54, 1.807) is 7.05 Å². The number of hydrogen-bond donors (Lipinski definition) is 1. The maximum absolute atomic E-state index is 12.0. The minimum Gasteiger partial charge on any atom is -0.465 e. The van der Waals surface area contributed by atoms with Gasteiger partial charge >= 0.3 is 5.97 Å². The van der Waals surface area contributed by atoms with Gasteiger partial charge in [0.1, 0.15) is 5.54 Å². The summed E-state index contributed by atoms with van der Waals surface area (Å²) in [7, 11) is 1.78. The van der Waals surface area contributed by atoms with Crippen LogP contribution in [0.25, 0.3) is 10.9 Å². The normalized spacial score (nSPS) is 14.2. The first kappa shape index (κ1) is 14.5. The molecule has 0 aliphatic rings. The molecule has 20 heavy (non-hydrogen) atoms. The second kappa shape index (κ2) is 6.05. The van der Waals surface area contributed by atoms with Crippen LogP contribution in [0.5, 0.6) is 0 Å². The molecule has 1 aromatic carbocycles. The van der Waals surface area contributed by atoms with E-state index in [0.717, 1.165) is 10.9 Å². The molecule has 1 atom stereocenters. The smallest absolute Gasteiger partial charge is 0.326 e. The monoisotopic (exact) mass is 275 g/mol. The average molecular weight is 275 g/mol. The van der Waals surface area contributed by atoms with E-state index in [4.69, 9.17) is 4.74 Å². The highest BCUT2D eigenvalue weighted by Gasteiger charge is 2.32. The van der Waals surface area contributed by atoms with E-state index >= 15 is 0 Å². The number of aryl methyl sites for hydroxylation is 1. The Kier molecular flexibility index (Phi) is 4.39. The maximum atomic E-state index is 12.0. The van der Waals surface area contributed by atoms with E-state index in [9.17, 15) is 4.79 Å². The van der Waals surface area contributed by atoms with Crippen LogP contribution < -0.4 is 5.32 Å². The van der Waals surface area contributed by atoms with E-state index in [1.807, 2.05) is 49.0 Å². The van der Waals surface area contributed by atoms with Crippen molar-refractivity contribution >= 4 is 16.9 Å². The Bertz CT molecular complexity index is 594. The van der Waals surface area contributed by atoms with Gasteiger partial charge in [0.15, 0.2) is 0 Å². The van der Waals surface area contributed by atoms with E-state index in [1.165, 1.54) is 0 Å². The molecule has 5 nitrogen and oxygen atoms in total. The van der Waals surface area contributed by atoms with Gasteiger partial charge in [-0.15, -0.1) is 0 Å². The molecule has 0 aliphatic carbocycles.